The maximum absolute atomic E-state index is 15.1. The zero-order valence-electron chi connectivity index (χ0n) is 29.0. The van der Waals surface area contributed by atoms with Crippen LogP contribution in [0, 0.1) is 5.82 Å². The van der Waals surface area contributed by atoms with Gasteiger partial charge in [-0.3, -0.25) is 19.5 Å². The molecule has 3 atom stereocenters. The van der Waals surface area contributed by atoms with Crippen molar-refractivity contribution in [1.82, 2.24) is 30.0 Å². The van der Waals surface area contributed by atoms with Crippen LogP contribution < -0.4 is 10.6 Å². The van der Waals surface area contributed by atoms with Crippen molar-refractivity contribution in [3.8, 4) is 5.75 Å². The number of benzene rings is 2. The molecule has 1 aromatic heterocycles. The van der Waals surface area contributed by atoms with Gasteiger partial charge in [-0.15, -0.1) is 0 Å². The normalized spacial score (nSPS) is 25.8. The summed E-state index contributed by atoms with van der Waals surface area (Å²) in [6.07, 6.45) is 7.07. The van der Waals surface area contributed by atoms with Crippen molar-refractivity contribution in [3.63, 3.8) is 0 Å². The Hall–Kier alpha value is -3.67. The molecule has 0 radical (unpaired) electrons. The predicted octanol–water partition coefficient (Wildman–Crippen LogP) is 5.95. The number of fused-ring (bicyclic) bond motifs is 3. The Labute approximate surface area is 287 Å². The third-order valence-corrected chi connectivity index (χ3v) is 11.7. The van der Waals surface area contributed by atoms with Crippen molar-refractivity contribution in [2.75, 3.05) is 51.7 Å². The number of aromatic nitrogens is 2. The van der Waals surface area contributed by atoms with E-state index < -0.39 is 6.17 Å². The van der Waals surface area contributed by atoms with Crippen molar-refractivity contribution >= 4 is 16.6 Å². The third kappa shape index (κ3) is 5.67. The van der Waals surface area contributed by atoms with Crippen LogP contribution in [0.25, 0.3) is 10.8 Å². The summed E-state index contributed by atoms with van der Waals surface area (Å²) in [5, 5.41) is 26.5. The summed E-state index contributed by atoms with van der Waals surface area (Å²) in [4.78, 5) is 11.5. The highest BCUT2D eigenvalue weighted by Crippen LogP contribution is 2.43. The molecular weight excluding hydrogens is 624 g/mol. The molecule has 262 valence electrons. The maximum atomic E-state index is 15.1. The lowest BCUT2D eigenvalue weighted by Gasteiger charge is -2.41. The lowest BCUT2D eigenvalue weighted by Crippen LogP contribution is -2.45. The lowest BCUT2D eigenvalue weighted by atomic mass is 9.85. The molecule has 2 aromatic carbocycles. The number of nitrogens with zero attached hydrogens (tertiary/aromatic N) is 5. The smallest absolute Gasteiger partial charge is 0.151 e. The van der Waals surface area contributed by atoms with Crippen LogP contribution in [0.15, 0.2) is 47.3 Å². The topological polar surface area (TPSA) is 81.1 Å². The Bertz CT molecular complexity index is 1820. The number of phenolic OH excluding ortho intramolecular Hbond substituents is 1. The van der Waals surface area contributed by atoms with Crippen molar-refractivity contribution < 1.29 is 18.7 Å². The first kappa shape index (κ1) is 32.5. The summed E-state index contributed by atoms with van der Waals surface area (Å²) in [7, 11) is 1.94. The van der Waals surface area contributed by atoms with Gasteiger partial charge in [0.05, 0.1) is 37.3 Å². The molecule has 11 heteroatoms. The van der Waals surface area contributed by atoms with E-state index in [4.69, 9.17) is 9.94 Å². The number of halogens is 2. The summed E-state index contributed by atoms with van der Waals surface area (Å²) < 4.78 is 32.0. The number of rotatable bonds is 8. The van der Waals surface area contributed by atoms with Crippen LogP contribution in [0.5, 0.6) is 5.75 Å². The van der Waals surface area contributed by atoms with Crippen LogP contribution in [0.3, 0.4) is 0 Å². The first-order valence-corrected chi connectivity index (χ1v) is 18.2. The van der Waals surface area contributed by atoms with E-state index in [0.717, 1.165) is 79.7 Å². The van der Waals surface area contributed by atoms with E-state index in [1.54, 1.807) is 18.2 Å². The molecule has 6 heterocycles. The van der Waals surface area contributed by atoms with E-state index in [2.05, 4.69) is 38.2 Å². The molecular formula is C38H49F2N7O2. The Morgan fingerprint density at radius 2 is 1.96 bits per heavy atom. The summed E-state index contributed by atoms with van der Waals surface area (Å²) in [5.41, 5.74) is 7.55. The number of phenols is 1. The highest BCUT2D eigenvalue weighted by molar-refractivity contribution is 5.91. The molecule has 8 rings (SSSR count). The quantitative estimate of drug-likeness (QED) is 0.271. The molecule has 3 aromatic rings. The van der Waals surface area contributed by atoms with E-state index in [1.165, 1.54) is 28.5 Å². The van der Waals surface area contributed by atoms with Crippen LogP contribution in [0.1, 0.15) is 74.4 Å². The summed E-state index contributed by atoms with van der Waals surface area (Å²) >= 11 is 0. The monoisotopic (exact) mass is 673 g/mol. The second-order valence-corrected chi connectivity index (χ2v) is 14.5. The van der Waals surface area contributed by atoms with Gasteiger partial charge in [0, 0.05) is 56.8 Å². The Morgan fingerprint density at radius 3 is 2.78 bits per heavy atom. The van der Waals surface area contributed by atoms with Gasteiger partial charge in [0.1, 0.15) is 17.7 Å². The molecule has 2 fully saturated rings. The molecule has 1 unspecified atom stereocenters. The Morgan fingerprint density at radius 1 is 1.10 bits per heavy atom. The first-order valence-electron chi connectivity index (χ1n) is 18.2. The zero-order valence-corrected chi connectivity index (χ0v) is 29.0. The minimum atomic E-state index is -0.803. The van der Waals surface area contributed by atoms with Gasteiger partial charge in [-0.2, -0.15) is 5.10 Å². The van der Waals surface area contributed by atoms with Crippen LogP contribution >= 0.6 is 0 Å². The fourth-order valence-corrected chi connectivity index (χ4v) is 9.40. The van der Waals surface area contributed by atoms with Gasteiger partial charge in [-0.1, -0.05) is 19.9 Å². The van der Waals surface area contributed by atoms with Gasteiger partial charge in [-0.05, 0) is 96.3 Å². The van der Waals surface area contributed by atoms with E-state index in [1.807, 2.05) is 19.0 Å². The molecule has 0 bridgehead atoms. The van der Waals surface area contributed by atoms with Crippen molar-refractivity contribution in [2.24, 2.45) is 0 Å². The molecule has 9 nitrogen and oxygen atoms in total. The summed E-state index contributed by atoms with van der Waals surface area (Å²) in [5.74, 6) is 0.924. The van der Waals surface area contributed by atoms with Crippen LogP contribution in [-0.4, -0.2) is 87.8 Å². The predicted molar refractivity (Wildman–Crippen MR) is 187 cm³/mol. The number of nitrogens with one attached hydrogen (secondary N) is 2. The molecule has 0 spiro atoms. The summed E-state index contributed by atoms with van der Waals surface area (Å²) in [6, 6.07) is 6.70. The average molecular weight is 674 g/mol. The van der Waals surface area contributed by atoms with Gasteiger partial charge in [0.15, 0.2) is 5.82 Å². The third-order valence-electron chi connectivity index (χ3n) is 11.7. The largest absolute Gasteiger partial charge is 0.508 e. The van der Waals surface area contributed by atoms with Gasteiger partial charge in [0.2, 0.25) is 0 Å². The number of hydrogen-bond acceptors (Lipinski definition) is 8. The second-order valence-electron chi connectivity index (χ2n) is 14.5. The van der Waals surface area contributed by atoms with E-state index in [-0.39, 0.29) is 23.1 Å². The SMILES string of the molecule is CCc1c(NC)nn2c1CN(C1=CN(OC[C@@]34CCCN3C[C@H](F)C4)CC3=C1CNC(c1cc(O)cc4ccc(F)c(CC)c14)C3)CCC2. The average Bonchev–Trinajstić information content (AvgIpc) is 3.69. The fourth-order valence-electron chi connectivity index (χ4n) is 9.40. The Balaban J connectivity index is 1.15. The van der Waals surface area contributed by atoms with Crippen LogP contribution in [0.2, 0.25) is 0 Å². The lowest BCUT2D eigenvalue weighted by molar-refractivity contribution is -0.147. The second kappa shape index (κ2) is 12.9. The molecule has 0 aliphatic carbocycles. The van der Waals surface area contributed by atoms with E-state index in [0.29, 0.717) is 51.1 Å². The highest BCUT2D eigenvalue weighted by atomic mass is 19.1. The van der Waals surface area contributed by atoms with Crippen LogP contribution in [-0.2, 0) is 30.8 Å². The minimum absolute atomic E-state index is 0.108. The molecule has 0 amide bonds. The number of aryl methyl sites for hydroxylation is 2. The number of alkyl halides is 1. The van der Waals surface area contributed by atoms with E-state index >= 15 is 4.39 Å². The van der Waals surface area contributed by atoms with Crippen molar-refractivity contribution in [3.05, 3.63) is 75.5 Å². The minimum Gasteiger partial charge on any atom is -0.508 e. The number of hydrogen-bond donors (Lipinski definition) is 3. The Kier molecular flexibility index (Phi) is 8.56. The maximum Gasteiger partial charge on any atom is 0.151 e. The molecule has 5 aliphatic heterocycles. The van der Waals surface area contributed by atoms with Gasteiger partial charge in [0.25, 0.3) is 0 Å². The van der Waals surface area contributed by atoms with Gasteiger partial charge >= 0.3 is 0 Å². The molecule has 2 saturated heterocycles. The van der Waals surface area contributed by atoms with Crippen molar-refractivity contribution in [1.29, 1.82) is 0 Å². The van der Waals surface area contributed by atoms with Gasteiger partial charge in [-0.25, -0.2) is 8.78 Å². The first-order chi connectivity index (χ1) is 23.8. The highest BCUT2D eigenvalue weighted by Gasteiger charge is 2.49. The number of anilines is 1. The fraction of sp³-hybridized carbons (Fsp3) is 0.553. The van der Waals surface area contributed by atoms with E-state index in [9.17, 15) is 9.50 Å². The standard InChI is InChI=1S/C38H49F2N7O2/c1-4-28-32(40)9-8-24-14-27(48)16-30(36(24)28)33-15-25-19-46(49-23-38-10-6-12-45(38)20-26(39)17-38)22-34(31(25)18-42-33)44-11-7-13-47-35(21-44)29(5-2)37(41-3)43-47/h8-9,14,16,22,26,33,42,48H,4-7,10-13,15,17-21,23H2,1-3H3,(H,41,43)/t26-,33?,38+/m1/s1. The molecule has 5 aliphatic rings. The molecule has 0 saturated carbocycles. The zero-order chi connectivity index (χ0) is 33.9. The molecule has 3 N–H and O–H groups in total. The van der Waals surface area contributed by atoms with Gasteiger partial charge < -0.3 is 20.6 Å². The van der Waals surface area contributed by atoms with Crippen molar-refractivity contribution in [2.45, 2.75) is 89.6 Å². The summed E-state index contributed by atoms with van der Waals surface area (Å²) in [6.45, 7) is 9.82. The molecule has 49 heavy (non-hydrogen) atoms. The number of hydroxylamine groups is 2. The number of aromatic hydroxyl groups is 1. The van der Waals surface area contributed by atoms with Crippen LogP contribution in [0.4, 0.5) is 14.6 Å².